The second-order valence-corrected chi connectivity index (χ2v) is 9.19. The van der Waals surface area contributed by atoms with Crippen LogP contribution in [0.1, 0.15) is 42.7 Å². The van der Waals surface area contributed by atoms with Gasteiger partial charge in [0.05, 0.1) is 15.7 Å². The number of nitrogens with zero attached hydrogens (tertiary/aromatic N) is 3. The lowest BCUT2D eigenvalue weighted by Gasteiger charge is -2.29. The molecule has 0 unspecified atom stereocenters. The quantitative estimate of drug-likeness (QED) is 0.212. The van der Waals surface area contributed by atoms with Gasteiger partial charge in [-0.3, -0.25) is 4.79 Å². The summed E-state index contributed by atoms with van der Waals surface area (Å²) in [5.41, 5.74) is 1.60. The van der Waals surface area contributed by atoms with Gasteiger partial charge < -0.3 is 25.6 Å². The largest absolute Gasteiger partial charge is 0.462 e. The summed E-state index contributed by atoms with van der Waals surface area (Å²) in [6, 6.07) is 7.80. The average Bonchev–Trinajstić information content (AvgIpc) is 2.84. The van der Waals surface area contributed by atoms with E-state index >= 15 is 0 Å². The maximum atomic E-state index is 12.1. The molecule has 8 nitrogen and oxygen atoms in total. The highest BCUT2D eigenvalue weighted by atomic mass is 79.9. The van der Waals surface area contributed by atoms with Gasteiger partial charge in [-0.15, -0.1) is 0 Å². The van der Waals surface area contributed by atoms with Gasteiger partial charge in [0.15, 0.2) is 6.29 Å². The number of likely N-dealkylation sites (tertiary alicyclic amines) is 1. The lowest BCUT2D eigenvalue weighted by atomic mass is 10.1. The lowest BCUT2D eigenvalue weighted by molar-refractivity contribution is 0.112. The minimum Gasteiger partial charge on any atom is -0.462 e. The number of benzene rings is 1. The maximum absolute atomic E-state index is 12.1. The van der Waals surface area contributed by atoms with E-state index in [1.165, 1.54) is 0 Å². The zero-order chi connectivity index (χ0) is 25.2. The highest BCUT2D eigenvalue weighted by Gasteiger charge is 2.21. The van der Waals surface area contributed by atoms with Crippen molar-refractivity contribution in [2.75, 3.05) is 37.8 Å². The van der Waals surface area contributed by atoms with Crippen LogP contribution in [0.4, 0.5) is 17.5 Å². The van der Waals surface area contributed by atoms with Gasteiger partial charge in [-0.05, 0) is 81.0 Å². The second-order valence-electron chi connectivity index (χ2n) is 8.34. The number of hydrogen-bond acceptors (Lipinski definition) is 8. The van der Waals surface area contributed by atoms with Gasteiger partial charge in [0.25, 0.3) is 0 Å². The number of anilines is 3. The number of aromatic nitrogens is 2. The van der Waals surface area contributed by atoms with Gasteiger partial charge in [0, 0.05) is 31.0 Å². The van der Waals surface area contributed by atoms with E-state index in [4.69, 9.17) is 4.74 Å². The van der Waals surface area contributed by atoms with E-state index in [-0.39, 0.29) is 6.04 Å². The first-order valence-electron chi connectivity index (χ1n) is 11.6. The van der Waals surface area contributed by atoms with Crippen LogP contribution in [0.15, 0.2) is 54.5 Å². The topological polar surface area (TPSA) is 91.4 Å². The number of hydrogen-bond donors (Lipinski definition) is 3. The Morgan fingerprint density at radius 2 is 2.03 bits per heavy atom. The second kappa shape index (κ2) is 13.1. The lowest BCUT2D eigenvalue weighted by Crippen LogP contribution is -2.37. The number of ether oxygens (including phenoxy) is 1. The van der Waals surface area contributed by atoms with Gasteiger partial charge in [0.1, 0.15) is 17.3 Å². The van der Waals surface area contributed by atoms with Crippen molar-refractivity contribution >= 4 is 44.2 Å². The summed E-state index contributed by atoms with van der Waals surface area (Å²) >= 11 is 3.54. The number of carbonyl (C=O) groups is 1. The summed E-state index contributed by atoms with van der Waals surface area (Å²) in [4.78, 5) is 23.8. The first kappa shape index (κ1) is 26.4. The van der Waals surface area contributed by atoms with Crippen LogP contribution in [-0.2, 0) is 0 Å². The van der Waals surface area contributed by atoms with Crippen LogP contribution in [0, 0.1) is 0 Å². The Kier molecular flexibility index (Phi) is 9.86. The number of rotatable bonds is 10. The van der Waals surface area contributed by atoms with Crippen molar-refractivity contribution in [2.24, 2.45) is 0 Å². The Labute approximate surface area is 215 Å². The molecule has 0 amide bonds. The number of carbonyl (C=O) groups excluding carboxylic acids is 1. The smallest absolute Gasteiger partial charge is 0.225 e. The summed E-state index contributed by atoms with van der Waals surface area (Å²) in [5.74, 6) is 2.34. The number of nitrogens with one attached hydrogen (secondary N) is 3. The van der Waals surface area contributed by atoms with Crippen molar-refractivity contribution < 1.29 is 9.53 Å². The van der Waals surface area contributed by atoms with E-state index in [0.717, 1.165) is 43.7 Å². The molecule has 35 heavy (non-hydrogen) atoms. The van der Waals surface area contributed by atoms with Crippen molar-refractivity contribution in [1.82, 2.24) is 20.2 Å². The van der Waals surface area contributed by atoms with E-state index in [0.29, 0.717) is 33.3 Å². The summed E-state index contributed by atoms with van der Waals surface area (Å²) in [5, 5.41) is 9.73. The Bertz CT molecular complexity index is 1110. The highest BCUT2D eigenvalue weighted by molar-refractivity contribution is 9.15. The summed E-state index contributed by atoms with van der Waals surface area (Å²) < 4.78 is 6.56. The van der Waals surface area contributed by atoms with E-state index in [2.05, 4.69) is 53.8 Å². The molecule has 1 fully saturated rings. The van der Waals surface area contributed by atoms with Crippen molar-refractivity contribution in [1.29, 1.82) is 0 Å². The highest BCUT2D eigenvalue weighted by Crippen LogP contribution is 2.30. The Morgan fingerprint density at radius 1 is 1.26 bits per heavy atom. The molecule has 0 spiro atoms. The molecular weight excluding hydrogens is 508 g/mol. The van der Waals surface area contributed by atoms with Gasteiger partial charge in [0.2, 0.25) is 5.95 Å². The zero-order valence-electron chi connectivity index (χ0n) is 20.6. The molecule has 1 aliphatic heterocycles. The van der Waals surface area contributed by atoms with Crippen LogP contribution < -0.4 is 20.7 Å². The van der Waals surface area contributed by atoms with Crippen molar-refractivity contribution in [2.45, 2.75) is 32.7 Å². The monoisotopic (exact) mass is 540 g/mol. The molecule has 1 aliphatic rings. The molecule has 1 aromatic heterocycles. The third-order valence-corrected chi connectivity index (χ3v) is 6.12. The summed E-state index contributed by atoms with van der Waals surface area (Å²) in [7, 11) is 3.92. The first-order valence-corrected chi connectivity index (χ1v) is 12.4. The maximum Gasteiger partial charge on any atom is 0.225 e. The van der Waals surface area contributed by atoms with Crippen LogP contribution in [0.3, 0.4) is 0 Å². The van der Waals surface area contributed by atoms with Crippen molar-refractivity contribution in [3.63, 3.8) is 0 Å². The number of piperidine rings is 1. The third-order valence-electron chi connectivity index (χ3n) is 5.51. The van der Waals surface area contributed by atoms with Gasteiger partial charge >= 0.3 is 0 Å². The Hall–Kier alpha value is -3.17. The average molecular weight is 541 g/mol. The minimum absolute atomic E-state index is 0.268. The van der Waals surface area contributed by atoms with Gasteiger partial charge in [-0.1, -0.05) is 18.2 Å². The van der Waals surface area contributed by atoms with Crippen LogP contribution in [-0.4, -0.2) is 54.4 Å². The molecule has 3 N–H and O–H groups in total. The number of allylic oxidation sites excluding steroid dienone is 4. The number of aldehydes is 1. The molecule has 2 aromatic rings. The molecule has 9 heteroatoms. The van der Waals surface area contributed by atoms with E-state index in [1.54, 1.807) is 13.2 Å². The number of halogens is 1. The predicted molar refractivity (Wildman–Crippen MR) is 146 cm³/mol. The van der Waals surface area contributed by atoms with E-state index < -0.39 is 0 Å². The predicted octanol–water partition coefficient (Wildman–Crippen LogP) is 5.31. The molecule has 1 saturated heterocycles. The van der Waals surface area contributed by atoms with Gasteiger partial charge in [-0.25, -0.2) is 4.98 Å². The van der Waals surface area contributed by atoms with E-state index in [9.17, 15) is 4.79 Å². The van der Waals surface area contributed by atoms with Crippen molar-refractivity contribution in [3.8, 4) is 5.75 Å². The fraction of sp³-hybridized carbons (Fsp3) is 0.346. The molecule has 2 heterocycles. The SMILES string of the molecule is C/C=C\C=C(/C)Oc1cccc(Nc2nc(NC3CCN(C)CC3)nc(/C(Br)=C\NC)c2C=O)c1. The molecular formula is C26H33BrN6O2. The molecule has 1 aromatic carbocycles. The summed E-state index contributed by atoms with van der Waals surface area (Å²) in [6.07, 6.45) is 10.3. The molecule has 0 saturated carbocycles. The summed E-state index contributed by atoms with van der Waals surface area (Å²) in [6.45, 7) is 5.88. The molecule has 3 rings (SSSR count). The molecule has 0 bridgehead atoms. The Morgan fingerprint density at radius 3 is 2.71 bits per heavy atom. The minimum atomic E-state index is 0.268. The fourth-order valence-corrected chi connectivity index (χ4v) is 4.21. The standard InChI is InChI=1S/C26H33BrN6O2/c1-5-6-8-18(2)35-21-10-7-9-20(15-21)29-25-22(17-34)24(23(27)16-28-3)31-26(32-25)30-19-11-13-33(4)14-12-19/h5-10,15-17,19,28H,11-14H2,1-4H3,(H2,29,30,31,32)/b6-5-,18-8+,23-16+. The van der Waals surface area contributed by atoms with Crippen molar-refractivity contribution in [3.05, 3.63) is 65.7 Å². The van der Waals surface area contributed by atoms with Crippen LogP contribution in [0.5, 0.6) is 5.75 Å². The van der Waals surface area contributed by atoms with Crippen LogP contribution in [0.2, 0.25) is 0 Å². The molecule has 0 aliphatic carbocycles. The fourth-order valence-electron chi connectivity index (χ4n) is 3.68. The van der Waals surface area contributed by atoms with Crippen LogP contribution in [0.25, 0.3) is 4.48 Å². The molecule has 186 valence electrons. The third kappa shape index (κ3) is 7.66. The van der Waals surface area contributed by atoms with Gasteiger partial charge in [-0.2, -0.15) is 4.98 Å². The first-order chi connectivity index (χ1) is 16.9. The molecule has 0 atom stereocenters. The zero-order valence-corrected chi connectivity index (χ0v) is 22.2. The Balaban J connectivity index is 1.94. The van der Waals surface area contributed by atoms with Crippen LogP contribution >= 0.6 is 15.9 Å². The normalized spacial score (nSPS) is 15.8. The van der Waals surface area contributed by atoms with E-state index in [1.807, 2.05) is 56.3 Å². The molecule has 0 radical (unpaired) electrons.